The molecule has 2 aromatic rings. The van der Waals surface area contributed by atoms with E-state index in [1.807, 2.05) is 40.7 Å². The number of nitrogens with zero attached hydrogens (tertiary/aromatic N) is 1. The lowest BCUT2D eigenvalue weighted by molar-refractivity contribution is -0.117. The van der Waals surface area contributed by atoms with Crippen LogP contribution in [0.5, 0.6) is 5.88 Å². The van der Waals surface area contributed by atoms with E-state index in [1.54, 1.807) is 0 Å². The molecule has 1 aromatic carbocycles. The fraction of sp³-hybridized carbons (Fsp3) is 0.429. The Morgan fingerprint density at radius 3 is 2.32 bits per heavy atom. The van der Waals surface area contributed by atoms with Gasteiger partial charge >= 0.3 is 0 Å². The molecular weight excluding hydrogens is 312 g/mol. The lowest BCUT2D eigenvalue weighted by atomic mass is 9.92. The summed E-state index contributed by atoms with van der Waals surface area (Å²) in [7, 11) is 0. The van der Waals surface area contributed by atoms with Gasteiger partial charge in [-0.3, -0.25) is 4.79 Å². The Kier molecular flexibility index (Phi) is 5.83. The zero-order valence-electron chi connectivity index (χ0n) is 16.1. The third kappa shape index (κ3) is 5.89. The van der Waals surface area contributed by atoms with Gasteiger partial charge in [-0.2, -0.15) is 0 Å². The SMILES string of the molecule is Cc1ccc(COc2cc(C)c(NC(=O)CC(C)(C)C)c(C)n2)cc1. The molecule has 0 unspecified atom stereocenters. The minimum absolute atomic E-state index is 0.00817. The fourth-order valence-electron chi connectivity index (χ4n) is 2.57. The van der Waals surface area contributed by atoms with Gasteiger partial charge in [0, 0.05) is 12.5 Å². The Bertz CT molecular complexity index is 720. The number of benzene rings is 1. The molecule has 1 aromatic heterocycles. The summed E-state index contributed by atoms with van der Waals surface area (Å²) in [4.78, 5) is 16.7. The van der Waals surface area contributed by atoms with Gasteiger partial charge < -0.3 is 10.1 Å². The molecule has 0 bridgehead atoms. The number of aryl methyl sites for hydroxylation is 3. The molecule has 1 amide bonds. The van der Waals surface area contributed by atoms with Gasteiger partial charge in [0.15, 0.2) is 0 Å². The van der Waals surface area contributed by atoms with Crippen LogP contribution in [0, 0.1) is 26.2 Å². The summed E-state index contributed by atoms with van der Waals surface area (Å²) >= 11 is 0. The number of nitrogens with one attached hydrogen (secondary N) is 1. The summed E-state index contributed by atoms with van der Waals surface area (Å²) in [6.07, 6.45) is 0.470. The van der Waals surface area contributed by atoms with Crippen molar-refractivity contribution in [3.63, 3.8) is 0 Å². The van der Waals surface area contributed by atoms with Crippen molar-refractivity contribution in [2.24, 2.45) is 5.41 Å². The molecule has 1 heterocycles. The van der Waals surface area contributed by atoms with Crippen LogP contribution >= 0.6 is 0 Å². The third-order valence-electron chi connectivity index (χ3n) is 3.84. The molecule has 0 aliphatic heterocycles. The van der Waals surface area contributed by atoms with Gasteiger partial charge in [-0.15, -0.1) is 0 Å². The van der Waals surface area contributed by atoms with E-state index < -0.39 is 0 Å². The number of pyridine rings is 1. The molecule has 0 fully saturated rings. The van der Waals surface area contributed by atoms with Crippen molar-refractivity contribution in [2.75, 3.05) is 5.32 Å². The summed E-state index contributed by atoms with van der Waals surface area (Å²) < 4.78 is 5.81. The molecule has 0 spiro atoms. The van der Waals surface area contributed by atoms with Crippen molar-refractivity contribution in [3.8, 4) is 5.88 Å². The second-order valence-electron chi connectivity index (χ2n) is 7.80. The summed E-state index contributed by atoms with van der Waals surface area (Å²) in [6.45, 7) is 12.5. The van der Waals surface area contributed by atoms with E-state index in [4.69, 9.17) is 4.74 Å². The molecule has 4 heteroatoms. The van der Waals surface area contributed by atoms with Crippen LogP contribution in [-0.4, -0.2) is 10.9 Å². The Morgan fingerprint density at radius 2 is 1.76 bits per heavy atom. The quantitative estimate of drug-likeness (QED) is 0.837. The normalized spacial score (nSPS) is 11.3. The highest BCUT2D eigenvalue weighted by molar-refractivity contribution is 5.92. The van der Waals surface area contributed by atoms with Crippen molar-refractivity contribution in [1.82, 2.24) is 4.98 Å². The fourth-order valence-corrected chi connectivity index (χ4v) is 2.57. The summed E-state index contributed by atoms with van der Waals surface area (Å²) in [5.74, 6) is 0.582. The standard InChI is InChI=1S/C21H28N2O2/c1-14-7-9-17(10-8-14)13-25-19-11-15(2)20(16(3)22-19)23-18(24)12-21(4,5)6/h7-11H,12-13H2,1-6H3,(H,23,24). The number of rotatable bonds is 5. The van der Waals surface area contributed by atoms with E-state index in [0.717, 1.165) is 22.5 Å². The second-order valence-corrected chi connectivity index (χ2v) is 7.80. The largest absolute Gasteiger partial charge is 0.473 e. The van der Waals surface area contributed by atoms with Crippen molar-refractivity contribution >= 4 is 11.6 Å². The molecule has 0 aliphatic carbocycles. The Balaban J connectivity index is 2.06. The van der Waals surface area contributed by atoms with Crippen molar-refractivity contribution < 1.29 is 9.53 Å². The predicted octanol–water partition coefficient (Wildman–Crippen LogP) is 4.96. The van der Waals surface area contributed by atoms with Crippen molar-refractivity contribution in [1.29, 1.82) is 0 Å². The Labute approximate surface area is 150 Å². The predicted molar refractivity (Wildman–Crippen MR) is 102 cm³/mol. The average molecular weight is 340 g/mol. The monoisotopic (exact) mass is 340 g/mol. The van der Waals surface area contributed by atoms with E-state index in [2.05, 4.69) is 41.5 Å². The molecule has 134 valence electrons. The Hall–Kier alpha value is -2.36. The Morgan fingerprint density at radius 1 is 1.12 bits per heavy atom. The highest BCUT2D eigenvalue weighted by Gasteiger charge is 2.18. The van der Waals surface area contributed by atoms with Gasteiger partial charge in [0.1, 0.15) is 6.61 Å². The summed E-state index contributed by atoms with van der Waals surface area (Å²) in [5, 5.41) is 2.99. The van der Waals surface area contributed by atoms with Crippen LogP contribution in [0.2, 0.25) is 0 Å². The smallest absolute Gasteiger partial charge is 0.224 e. The zero-order chi connectivity index (χ0) is 18.6. The number of carbonyl (C=O) groups is 1. The molecule has 0 atom stereocenters. The van der Waals surface area contributed by atoms with Crippen LogP contribution in [0.4, 0.5) is 5.69 Å². The number of ether oxygens (including phenoxy) is 1. The number of carbonyl (C=O) groups excluding carboxylic acids is 1. The van der Waals surface area contributed by atoms with Gasteiger partial charge in [-0.05, 0) is 37.3 Å². The first-order valence-corrected chi connectivity index (χ1v) is 8.60. The van der Waals surface area contributed by atoms with E-state index in [1.165, 1.54) is 5.56 Å². The van der Waals surface area contributed by atoms with Crippen LogP contribution in [0.3, 0.4) is 0 Å². The highest BCUT2D eigenvalue weighted by atomic mass is 16.5. The third-order valence-corrected chi connectivity index (χ3v) is 3.84. The lowest BCUT2D eigenvalue weighted by Gasteiger charge is -2.19. The maximum atomic E-state index is 12.2. The molecule has 2 rings (SSSR count). The van der Waals surface area contributed by atoms with Crippen LogP contribution < -0.4 is 10.1 Å². The minimum atomic E-state index is -0.0452. The number of hydrogen-bond acceptors (Lipinski definition) is 3. The van der Waals surface area contributed by atoms with Crippen molar-refractivity contribution in [2.45, 2.75) is 54.6 Å². The highest BCUT2D eigenvalue weighted by Crippen LogP contribution is 2.25. The van der Waals surface area contributed by atoms with Gasteiger partial charge in [0.2, 0.25) is 11.8 Å². The molecule has 0 aliphatic rings. The number of aromatic nitrogens is 1. The topological polar surface area (TPSA) is 51.2 Å². The summed E-state index contributed by atoms with van der Waals surface area (Å²) in [5.41, 5.74) is 4.78. The molecule has 0 saturated heterocycles. The first-order chi connectivity index (χ1) is 11.6. The maximum absolute atomic E-state index is 12.2. The van der Waals surface area contributed by atoms with E-state index in [9.17, 15) is 4.79 Å². The average Bonchev–Trinajstić information content (AvgIpc) is 2.48. The van der Waals surface area contributed by atoms with Crippen LogP contribution in [-0.2, 0) is 11.4 Å². The maximum Gasteiger partial charge on any atom is 0.224 e. The van der Waals surface area contributed by atoms with Gasteiger partial charge in [0.05, 0.1) is 11.4 Å². The zero-order valence-corrected chi connectivity index (χ0v) is 16.1. The molecule has 4 nitrogen and oxygen atoms in total. The second kappa shape index (κ2) is 7.68. The lowest BCUT2D eigenvalue weighted by Crippen LogP contribution is -2.21. The summed E-state index contributed by atoms with van der Waals surface area (Å²) in [6, 6.07) is 10.1. The van der Waals surface area contributed by atoms with E-state index in [-0.39, 0.29) is 11.3 Å². The van der Waals surface area contributed by atoms with Gasteiger partial charge in [-0.25, -0.2) is 4.98 Å². The van der Waals surface area contributed by atoms with E-state index in [0.29, 0.717) is 18.9 Å². The molecule has 25 heavy (non-hydrogen) atoms. The molecular formula is C21H28N2O2. The van der Waals surface area contributed by atoms with Crippen LogP contribution in [0.25, 0.3) is 0 Å². The van der Waals surface area contributed by atoms with Crippen molar-refractivity contribution in [3.05, 3.63) is 52.7 Å². The molecule has 1 N–H and O–H groups in total. The number of hydrogen-bond donors (Lipinski definition) is 1. The first-order valence-electron chi connectivity index (χ1n) is 8.60. The first kappa shape index (κ1) is 19.0. The number of amides is 1. The number of anilines is 1. The van der Waals surface area contributed by atoms with Gasteiger partial charge in [0.25, 0.3) is 0 Å². The van der Waals surface area contributed by atoms with Gasteiger partial charge in [-0.1, -0.05) is 50.6 Å². The molecule has 0 saturated carbocycles. The minimum Gasteiger partial charge on any atom is -0.473 e. The molecule has 0 radical (unpaired) electrons. The van der Waals surface area contributed by atoms with Crippen LogP contribution in [0.1, 0.15) is 49.6 Å². The van der Waals surface area contributed by atoms with E-state index >= 15 is 0 Å². The van der Waals surface area contributed by atoms with Crippen LogP contribution in [0.15, 0.2) is 30.3 Å².